The monoisotopic (exact) mass is 268 g/mol. The number of rotatable bonds is 4. The van der Waals surface area contributed by atoms with Gasteiger partial charge in [0, 0.05) is 11.1 Å². The maximum absolute atomic E-state index is 11.9. The van der Waals surface area contributed by atoms with E-state index < -0.39 is 0 Å². The molecule has 0 aliphatic rings. The molecule has 0 aliphatic carbocycles. The van der Waals surface area contributed by atoms with Crippen LogP contribution in [0, 0.1) is 0 Å². The smallest absolute Gasteiger partial charge is 0.271 e. The highest BCUT2D eigenvalue weighted by Crippen LogP contribution is 2.17. The minimum absolute atomic E-state index is 0.236. The van der Waals surface area contributed by atoms with Gasteiger partial charge in [0.05, 0.1) is 12.8 Å². The molecule has 4 nitrogen and oxygen atoms in total. The number of methoxy groups -OCH3 is 1. The number of hydrazone groups is 1. The number of nitrogens with zero attached hydrogens (tertiary/aromatic N) is 1. The second-order valence-corrected chi connectivity index (χ2v) is 4.20. The van der Waals surface area contributed by atoms with E-state index in [1.807, 2.05) is 49.4 Å². The van der Waals surface area contributed by atoms with E-state index >= 15 is 0 Å². The van der Waals surface area contributed by atoms with E-state index in [4.69, 9.17) is 4.74 Å². The van der Waals surface area contributed by atoms with Crippen LogP contribution in [0.4, 0.5) is 0 Å². The molecule has 0 saturated carbocycles. The Morgan fingerprint density at radius 3 is 2.40 bits per heavy atom. The van der Waals surface area contributed by atoms with Crippen LogP contribution < -0.4 is 10.2 Å². The van der Waals surface area contributed by atoms with Crippen molar-refractivity contribution in [3.63, 3.8) is 0 Å². The molecular weight excluding hydrogens is 252 g/mol. The van der Waals surface area contributed by atoms with Gasteiger partial charge in [-0.1, -0.05) is 30.3 Å². The van der Waals surface area contributed by atoms with Crippen molar-refractivity contribution in [3.05, 3.63) is 65.7 Å². The predicted octanol–water partition coefficient (Wildman–Crippen LogP) is 2.85. The maximum Gasteiger partial charge on any atom is 0.271 e. The summed E-state index contributed by atoms with van der Waals surface area (Å²) in [6, 6.07) is 16.5. The molecule has 0 spiro atoms. The Labute approximate surface area is 118 Å². The standard InChI is InChI=1S/C16H16N2O2/c1-12(14-10-6-7-11-15(14)20-2)17-18-16(19)13-8-4-3-5-9-13/h3-11H,1-2H3,(H,18,19)/b17-12+. The molecule has 0 bridgehead atoms. The van der Waals surface area contributed by atoms with Crippen LogP contribution in [0.5, 0.6) is 5.75 Å². The highest BCUT2D eigenvalue weighted by atomic mass is 16.5. The average Bonchev–Trinajstić information content (AvgIpc) is 2.53. The second kappa shape index (κ2) is 6.52. The van der Waals surface area contributed by atoms with E-state index in [9.17, 15) is 4.79 Å². The van der Waals surface area contributed by atoms with E-state index in [0.29, 0.717) is 11.3 Å². The molecule has 1 amide bonds. The third-order valence-electron chi connectivity index (χ3n) is 2.86. The third-order valence-corrected chi connectivity index (χ3v) is 2.86. The van der Waals surface area contributed by atoms with Crippen molar-refractivity contribution in [1.82, 2.24) is 5.43 Å². The van der Waals surface area contributed by atoms with Gasteiger partial charge >= 0.3 is 0 Å². The Morgan fingerprint density at radius 1 is 1.05 bits per heavy atom. The molecule has 1 N–H and O–H groups in total. The van der Waals surface area contributed by atoms with Crippen molar-refractivity contribution in [2.75, 3.05) is 7.11 Å². The molecule has 2 aromatic carbocycles. The molecule has 0 saturated heterocycles. The highest BCUT2D eigenvalue weighted by Gasteiger charge is 2.07. The summed E-state index contributed by atoms with van der Waals surface area (Å²) in [5.74, 6) is 0.488. The summed E-state index contributed by atoms with van der Waals surface area (Å²) in [5.41, 5.74) is 4.65. The van der Waals surface area contributed by atoms with Crippen molar-refractivity contribution in [2.45, 2.75) is 6.92 Å². The predicted molar refractivity (Wildman–Crippen MR) is 79.1 cm³/mol. The molecule has 2 rings (SSSR count). The van der Waals surface area contributed by atoms with Crippen molar-refractivity contribution in [2.24, 2.45) is 5.10 Å². The SMILES string of the molecule is COc1ccccc1/C(C)=N/NC(=O)c1ccccc1. The molecule has 0 aliphatic heterocycles. The minimum Gasteiger partial charge on any atom is -0.496 e. The summed E-state index contributed by atoms with van der Waals surface area (Å²) in [5, 5.41) is 4.12. The van der Waals surface area contributed by atoms with Crippen molar-refractivity contribution >= 4 is 11.6 Å². The van der Waals surface area contributed by atoms with Crippen LogP contribution in [0.2, 0.25) is 0 Å². The van der Waals surface area contributed by atoms with Crippen LogP contribution in [0.25, 0.3) is 0 Å². The lowest BCUT2D eigenvalue weighted by molar-refractivity contribution is 0.0955. The number of nitrogens with one attached hydrogen (secondary N) is 1. The summed E-state index contributed by atoms with van der Waals surface area (Å²) in [6.07, 6.45) is 0. The quantitative estimate of drug-likeness (QED) is 0.684. The van der Waals surface area contributed by atoms with Gasteiger partial charge in [0.2, 0.25) is 0 Å². The number of hydrogen-bond donors (Lipinski definition) is 1. The molecule has 20 heavy (non-hydrogen) atoms. The fourth-order valence-corrected chi connectivity index (χ4v) is 1.79. The number of amides is 1. The molecule has 0 fully saturated rings. The van der Waals surface area contributed by atoms with Gasteiger partial charge in [-0.25, -0.2) is 5.43 Å². The summed E-state index contributed by atoms with van der Waals surface area (Å²) >= 11 is 0. The Bertz CT molecular complexity index is 621. The lowest BCUT2D eigenvalue weighted by Crippen LogP contribution is -2.19. The van der Waals surface area contributed by atoms with Crippen LogP contribution in [-0.4, -0.2) is 18.7 Å². The normalized spacial score (nSPS) is 11.0. The van der Waals surface area contributed by atoms with Gasteiger partial charge < -0.3 is 4.74 Å². The van der Waals surface area contributed by atoms with Gasteiger partial charge in [-0.05, 0) is 31.2 Å². The first-order valence-corrected chi connectivity index (χ1v) is 6.25. The highest BCUT2D eigenvalue weighted by molar-refractivity contribution is 6.02. The first-order chi connectivity index (χ1) is 9.72. The van der Waals surface area contributed by atoms with Gasteiger partial charge in [-0.15, -0.1) is 0 Å². The van der Waals surface area contributed by atoms with Crippen molar-refractivity contribution < 1.29 is 9.53 Å². The van der Waals surface area contributed by atoms with E-state index in [2.05, 4.69) is 10.5 Å². The van der Waals surface area contributed by atoms with E-state index in [0.717, 1.165) is 11.3 Å². The first kappa shape index (κ1) is 13.8. The molecule has 0 unspecified atom stereocenters. The zero-order valence-corrected chi connectivity index (χ0v) is 11.5. The molecule has 102 valence electrons. The topological polar surface area (TPSA) is 50.7 Å². The average molecular weight is 268 g/mol. The van der Waals surface area contributed by atoms with Gasteiger partial charge in [0.25, 0.3) is 5.91 Å². The molecule has 2 aromatic rings. The van der Waals surface area contributed by atoms with Crippen LogP contribution in [0.3, 0.4) is 0 Å². The summed E-state index contributed by atoms with van der Waals surface area (Å²) in [4.78, 5) is 11.9. The largest absolute Gasteiger partial charge is 0.496 e. The lowest BCUT2D eigenvalue weighted by Gasteiger charge is -2.07. The minimum atomic E-state index is -0.236. The van der Waals surface area contributed by atoms with Crippen LogP contribution in [0.15, 0.2) is 59.7 Å². The van der Waals surface area contributed by atoms with E-state index in [1.54, 1.807) is 19.2 Å². The summed E-state index contributed by atoms with van der Waals surface area (Å²) < 4.78 is 5.26. The van der Waals surface area contributed by atoms with Crippen LogP contribution >= 0.6 is 0 Å². The molecule has 0 aromatic heterocycles. The first-order valence-electron chi connectivity index (χ1n) is 6.25. The number of carbonyl (C=O) groups is 1. The zero-order chi connectivity index (χ0) is 14.4. The van der Waals surface area contributed by atoms with Crippen LogP contribution in [-0.2, 0) is 0 Å². The third kappa shape index (κ3) is 3.23. The van der Waals surface area contributed by atoms with Gasteiger partial charge in [-0.3, -0.25) is 4.79 Å². The fraction of sp³-hybridized carbons (Fsp3) is 0.125. The lowest BCUT2D eigenvalue weighted by atomic mass is 10.1. The molecular formula is C16H16N2O2. The molecule has 4 heteroatoms. The van der Waals surface area contributed by atoms with Crippen molar-refractivity contribution in [3.8, 4) is 5.75 Å². The molecule has 0 heterocycles. The number of para-hydroxylation sites is 1. The Kier molecular flexibility index (Phi) is 4.50. The van der Waals surface area contributed by atoms with Gasteiger partial charge in [0.1, 0.15) is 5.75 Å². The van der Waals surface area contributed by atoms with Crippen molar-refractivity contribution in [1.29, 1.82) is 0 Å². The molecule has 0 atom stereocenters. The summed E-state index contributed by atoms with van der Waals surface area (Å²) in [6.45, 7) is 1.82. The van der Waals surface area contributed by atoms with Gasteiger partial charge in [-0.2, -0.15) is 5.10 Å². The van der Waals surface area contributed by atoms with E-state index in [1.165, 1.54) is 0 Å². The zero-order valence-electron chi connectivity index (χ0n) is 11.5. The number of hydrogen-bond acceptors (Lipinski definition) is 3. The van der Waals surface area contributed by atoms with Gasteiger partial charge in [0.15, 0.2) is 0 Å². The Hall–Kier alpha value is -2.62. The fourth-order valence-electron chi connectivity index (χ4n) is 1.79. The Morgan fingerprint density at radius 2 is 1.70 bits per heavy atom. The second-order valence-electron chi connectivity index (χ2n) is 4.20. The summed E-state index contributed by atoms with van der Waals surface area (Å²) in [7, 11) is 1.61. The number of benzene rings is 2. The maximum atomic E-state index is 11.9. The van der Waals surface area contributed by atoms with E-state index in [-0.39, 0.29) is 5.91 Å². The molecule has 0 radical (unpaired) electrons. The van der Waals surface area contributed by atoms with Crippen LogP contribution in [0.1, 0.15) is 22.8 Å². The number of carbonyl (C=O) groups excluding carboxylic acids is 1. The number of ether oxygens (including phenoxy) is 1. The Balaban J connectivity index is 2.13.